The number of fused-ring (bicyclic) bond motifs is 1. The van der Waals surface area contributed by atoms with Crippen molar-refractivity contribution in [1.29, 1.82) is 0 Å². The molecule has 1 N–H and O–H groups in total. The van der Waals surface area contributed by atoms with Gasteiger partial charge in [-0.05, 0) is 55.1 Å². The molecule has 106 valence electrons. The van der Waals surface area contributed by atoms with Crippen LogP contribution in [0.4, 0.5) is 0 Å². The lowest BCUT2D eigenvalue weighted by Gasteiger charge is -2.16. The highest BCUT2D eigenvalue weighted by Crippen LogP contribution is 2.20. The molecule has 2 aromatic carbocycles. The summed E-state index contributed by atoms with van der Waals surface area (Å²) in [5.74, 6) is 0. The number of ether oxygens (including phenoxy) is 1. The van der Waals surface area contributed by atoms with Crippen LogP contribution >= 0.6 is 0 Å². The molecule has 1 aliphatic rings. The molecule has 1 aliphatic heterocycles. The molecule has 1 fully saturated rings. The summed E-state index contributed by atoms with van der Waals surface area (Å²) in [6, 6.07) is 15.6. The zero-order valence-corrected chi connectivity index (χ0v) is 12.1. The first-order chi connectivity index (χ1) is 9.83. The van der Waals surface area contributed by atoms with Crippen LogP contribution < -0.4 is 5.32 Å². The average molecular weight is 269 g/mol. The van der Waals surface area contributed by atoms with Crippen molar-refractivity contribution in [3.05, 3.63) is 48.0 Å². The Balaban J connectivity index is 1.58. The summed E-state index contributed by atoms with van der Waals surface area (Å²) >= 11 is 0. The van der Waals surface area contributed by atoms with Gasteiger partial charge >= 0.3 is 0 Å². The van der Waals surface area contributed by atoms with Gasteiger partial charge in [-0.2, -0.15) is 0 Å². The van der Waals surface area contributed by atoms with Crippen molar-refractivity contribution in [1.82, 2.24) is 5.32 Å². The lowest BCUT2D eigenvalue weighted by molar-refractivity contribution is 0.103. The van der Waals surface area contributed by atoms with Gasteiger partial charge in [-0.1, -0.05) is 36.4 Å². The molecule has 2 heteroatoms. The van der Waals surface area contributed by atoms with E-state index in [2.05, 4.69) is 54.7 Å². The molecule has 0 unspecified atom stereocenters. The summed E-state index contributed by atoms with van der Waals surface area (Å²) in [6.45, 7) is 4.21. The molecular weight excluding hydrogens is 246 g/mol. The summed E-state index contributed by atoms with van der Waals surface area (Å²) in [6.07, 6.45) is 4.06. The zero-order chi connectivity index (χ0) is 13.8. The van der Waals surface area contributed by atoms with E-state index < -0.39 is 0 Å². The molecule has 20 heavy (non-hydrogen) atoms. The summed E-state index contributed by atoms with van der Waals surface area (Å²) in [7, 11) is 0. The van der Waals surface area contributed by atoms with Gasteiger partial charge < -0.3 is 10.1 Å². The maximum absolute atomic E-state index is 5.66. The molecule has 0 saturated carbocycles. The van der Waals surface area contributed by atoms with E-state index in [1.165, 1.54) is 29.2 Å². The molecular formula is C18H23NO. The third-order valence-electron chi connectivity index (χ3n) is 4.21. The maximum atomic E-state index is 5.66. The van der Waals surface area contributed by atoms with E-state index in [0.717, 1.165) is 19.6 Å². The number of benzene rings is 2. The molecule has 2 nitrogen and oxygen atoms in total. The van der Waals surface area contributed by atoms with E-state index in [1.807, 2.05) is 0 Å². The monoisotopic (exact) mass is 269 g/mol. The standard InChI is InChI=1S/C18H23NO/c1-14(19-11-10-18-7-4-12-20-18)16-9-8-15-5-2-3-6-17(15)13-16/h2-3,5-6,8-9,13-14,18-19H,4,7,10-12H2,1H3/t14-,18-/m1/s1. The van der Waals surface area contributed by atoms with Crippen LogP contribution in [0.3, 0.4) is 0 Å². The zero-order valence-electron chi connectivity index (χ0n) is 12.1. The van der Waals surface area contributed by atoms with Crippen LogP contribution in [-0.4, -0.2) is 19.3 Å². The fraction of sp³-hybridized carbons (Fsp3) is 0.444. The predicted molar refractivity (Wildman–Crippen MR) is 84.0 cm³/mol. The Morgan fingerprint density at radius 3 is 2.85 bits per heavy atom. The lowest BCUT2D eigenvalue weighted by atomic mass is 10.0. The number of hydrogen-bond acceptors (Lipinski definition) is 2. The molecule has 0 radical (unpaired) electrons. The quantitative estimate of drug-likeness (QED) is 0.884. The second kappa shape index (κ2) is 6.38. The molecule has 0 aromatic heterocycles. The van der Waals surface area contributed by atoms with E-state index in [0.29, 0.717) is 12.1 Å². The first kappa shape index (κ1) is 13.6. The summed E-state index contributed by atoms with van der Waals surface area (Å²) in [4.78, 5) is 0. The van der Waals surface area contributed by atoms with Crippen LogP contribution in [0.15, 0.2) is 42.5 Å². The predicted octanol–water partition coefficient (Wildman–Crippen LogP) is 4.06. The third-order valence-corrected chi connectivity index (χ3v) is 4.21. The fourth-order valence-electron chi connectivity index (χ4n) is 2.93. The topological polar surface area (TPSA) is 21.3 Å². The Morgan fingerprint density at radius 2 is 2.05 bits per heavy atom. The largest absolute Gasteiger partial charge is 0.378 e. The van der Waals surface area contributed by atoms with Crippen LogP contribution in [0.2, 0.25) is 0 Å². The molecule has 1 saturated heterocycles. The highest BCUT2D eigenvalue weighted by Gasteiger charge is 2.15. The molecule has 1 heterocycles. The minimum atomic E-state index is 0.390. The van der Waals surface area contributed by atoms with Gasteiger partial charge in [0.25, 0.3) is 0 Å². The van der Waals surface area contributed by atoms with Gasteiger partial charge in [-0.15, -0.1) is 0 Å². The first-order valence-corrected chi connectivity index (χ1v) is 7.66. The molecule has 0 amide bonds. The summed E-state index contributed by atoms with van der Waals surface area (Å²) < 4.78 is 5.66. The normalized spacial score (nSPS) is 20.4. The molecule has 2 aromatic rings. The van der Waals surface area contributed by atoms with Gasteiger partial charge in [-0.25, -0.2) is 0 Å². The molecule has 0 bridgehead atoms. The van der Waals surface area contributed by atoms with E-state index in [1.54, 1.807) is 0 Å². The van der Waals surface area contributed by atoms with Crippen molar-refractivity contribution in [3.8, 4) is 0 Å². The van der Waals surface area contributed by atoms with E-state index in [9.17, 15) is 0 Å². The van der Waals surface area contributed by atoms with Gasteiger partial charge in [0.1, 0.15) is 0 Å². The van der Waals surface area contributed by atoms with E-state index in [4.69, 9.17) is 4.74 Å². The van der Waals surface area contributed by atoms with Crippen LogP contribution in [0.25, 0.3) is 10.8 Å². The SMILES string of the molecule is C[C@@H](NCC[C@H]1CCCO1)c1ccc2ccccc2c1. The van der Waals surface area contributed by atoms with Crippen LogP contribution in [0.5, 0.6) is 0 Å². The van der Waals surface area contributed by atoms with Crippen LogP contribution in [0.1, 0.15) is 37.8 Å². The average Bonchev–Trinajstić information content (AvgIpc) is 3.00. The van der Waals surface area contributed by atoms with Gasteiger partial charge in [-0.3, -0.25) is 0 Å². The van der Waals surface area contributed by atoms with Gasteiger partial charge in [0, 0.05) is 12.6 Å². The Hall–Kier alpha value is -1.38. The van der Waals surface area contributed by atoms with Crippen molar-refractivity contribution in [2.45, 2.75) is 38.3 Å². The van der Waals surface area contributed by atoms with Crippen molar-refractivity contribution >= 4 is 10.8 Å². The number of nitrogens with one attached hydrogen (secondary N) is 1. The van der Waals surface area contributed by atoms with Crippen LogP contribution in [0, 0.1) is 0 Å². The summed E-state index contributed by atoms with van der Waals surface area (Å²) in [5.41, 5.74) is 1.36. The smallest absolute Gasteiger partial charge is 0.0588 e. The molecule has 0 spiro atoms. The number of rotatable bonds is 5. The van der Waals surface area contributed by atoms with Crippen molar-refractivity contribution < 1.29 is 4.74 Å². The second-order valence-corrected chi connectivity index (χ2v) is 5.71. The van der Waals surface area contributed by atoms with Crippen molar-refractivity contribution in [2.75, 3.05) is 13.2 Å². The van der Waals surface area contributed by atoms with E-state index >= 15 is 0 Å². The van der Waals surface area contributed by atoms with Gasteiger partial charge in [0.05, 0.1) is 6.10 Å². The van der Waals surface area contributed by atoms with Crippen molar-refractivity contribution in [2.24, 2.45) is 0 Å². The Morgan fingerprint density at radius 1 is 1.20 bits per heavy atom. The van der Waals surface area contributed by atoms with Gasteiger partial charge in [0.2, 0.25) is 0 Å². The minimum absolute atomic E-state index is 0.390. The van der Waals surface area contributed by atoms with E-state index in [-0.39, 0.29) is 0 Å². The molecule has 2 atom stereocenters. The van der Waals surface area contributed by atoms with Gasteiger partial charge in [0.15, 0.2) is 0 Å². The Kier molecular flexibility index (Phi) is 4.34. The lowest BCUT2D eigenvalue weighted by Crippen LogP contribution is -2.23. The molecule has 0 aliphatic carbocycles. The fourth-order valence-corrected chi connectivity index (χ4v) is 2.93. The highest BCUT2D eigenvalue weighted by atomic mass is 16.5. The first-order valence-electron chi connectivity index (χ1n) is 7.66. The van der Waals surface area contributed by atoms with Crippen molar-refractivity contribution in [3.63, 3.8) is 0 Å². The minimum Gasteiger partial charge on any atom is -0.378 e. The Bertz CT molecular complexity index is 560. The molecule has 3 rings (SSSR count). The highest BCUT2D eigenvalue weighted by molar-refractivity contribution is 5.83. The third kappa shape index (κ3) is 3.20. The number of hydrogen-bond donors (Lipinski definition) is 1. The second-order valence-electron chi connectivity index (χ2n) is 5.71. The Labute approximate surface area is 121 Å². The maximum Gasteiger partial charge on any atom is 0.0588 e. The van der Waals surface area contributed by atoms with Crippen LogP contribution in [-0.2, 0) is 4.74 Å². The summed E-state index contributed by atoms with van der Waals surface area (Å²) in [5, 5.41) is 6.24.